The van der Waals surface area contributed by atoms with Crippen molar-refractivity contribution in [2.24, 2.45) is 0 Å². The molecule has 0 saturated heterocycles. The van der Waals surface area contributed by atoms with Crippen LogP contribution in [0.4, 0.5) is 0 Å². The fraction of sp³-hybridized carbons (Fsp3) is 0.389. The summed E-state index contributed by atoms with van der Waals surface area (Å²) in [4.78, 5) is 15.8. The van der Waals surface area contributed by atoms with Gasteiger partial charge in [-0.15, -0.1) is 0 Å². The molecule has 5 nitrogen and oxygen atoms in total. The van der Waals surface area contributed by atoms with Crippen LogP contribution in [-0.4, -0.2) is 49.5 Å². The number of benzene rings is 1. The van der Waals surface area contributed by atoms with Gasteiger partial charge in [0.2, 0.25) is 5.91 Å². The van der Waals surface area contributed by atoms with E-state index in [-0.39, 0.29) is 5.91 Å². The van der Waals surface area contributed by atoms with Crippen molar-refractivity contribution >= 4 is 17.5 Å². The van der Waals surface area contributed by atoms with Gasteiger partial charge in [-0.05, 0) is 50.4 Å². The van der Waals surface area contributed by atoms with Crippen molar-refractivity contribution in [3.05, 3.63) is 52.9 Å². The van der Waals surface area contributed by atoms with Gasteiger partial charge in [0.05, 0.1) is 13.1 Å². The maximum Gasteiger partial charge on any atom is 0.236 e. The Balaban J connectivity index is 1.69. The summed E-state index contributed by atoms with van der Waals surface area (Å²) < 4.78 is 11.1. The maximum atomic E-state index is 12.2. The Morgan fingerprint density at radius 1 is 1.17 bits per heavy atom. The van der Waals surface area contributed by atoms with Crippen LogP contribution in [0, 0.1) is 6.92 Å². The van der Waals surface area contributed by atoms with E-state index in [2.05, 4.69) is 0 Å². The minimum atomic E-state index is 0.0399. The number of carbonyl (C=O) groups excluding carboxylic acids is 1. The molecule has 6 heteroatoms. The Bertz CT molecular complexity index is 655. The summed E-state index contributed by atoms with van der Waals surface area (Å²) in [7, 11) is 3.67. The topological polar surface area (TPSA) is 45.9 Å². The quantitative estimate of drug-likeness (QED) is 0.733. The molecule has 1 heterocycles. The number of hydrogen-bond donors (Lipinski definition) is 0. The lowest BCUT2D eigenvalue weighted by Gasteiger charge is -2.21. The molecule has 0 radical (unpaired) electrons. The Morgan fingerprint density at radius 2 is 1.88 bits per heavy atom. The van der Waals surface area contributed by atoms with Gasteiger partial charge in [0.15, 0.2) is 0 Å². The third-order valence-corrected chi connectivity index (χ3v) is 3.83. The molecule has 2 rings (SSSR count). The number of amides is 1. The van der Waals surface area contributed by atoms with Crippen molar-refractivity contribution in [3.63, 3.8) is 0 Å². The highest BCUT2D eigenvalue weighted by Gasteiger charge is 2.13. The van der Waals surface area contributed by atoms with Crippen LogP contribution in [-0.2, 0) is 11.3 Å². The number of nitrogens with zero attached hydrogens (tertiary/aromatic N) is 2. The van der Waals surface area contributed by atoms with Crippen LogP contribution in [0.25, 0.3) is 0 Å². The van der Waals surface area contributed by atoms with Gasteiger partial charge in [-0.1, -0.05) is 11.6 Å². The molecule has 0 N–H and O–H groups in total. The van der Waals surface area contributed by atoms with Crippen molar-refractivity contribution in [3.8, 4) is 5.75 Å². The number of furan rings is 1. The smallest absolute Gasteiger partial charge is 0.236 e. The van der Waals surface area contributed by atoms with E-state index < -0.39 is 0 Å². The molecule has 24 heavy (non-hydrogen) atoms. The number of hydrogen-bond acceptors (Lipinski definition) is 4. The highest BCUT2D eigenvalue weighted by atomic mass is 35.5. The third-order valence-electron chi connectivity index (χ3n) is 3.58. The molecule has 0 atom stereocenters. The van der Waals surface area contributed by atoms with Crippen LogP contribution < -0.4 is 4.74 Å². The minimum Gasteiger partial charge on any atom is -0.492 e. The molecule has 0 saturated carbocycles. The van der Waals surface area contributed by atoms with E-state index in [4.69, 9.17) is 20.8 Å². The number of carbonyl (C=O) groups is 1. The van der Waals surface area contributed by atoms with Crippen LogP contribution in [0.1, 0.15) is 11.5 Å². The molecule has 0 fully saturated rings. The summed E-state index contributed by atoms with van der Waals surface area (Å²) in [5.74, 6) is 2.45. The highest BCUT2D eigenvalue weighted by molar-refractivity contribution is 6.30. The van der Waals surface area contributed by atoms with Crippen molar-refractivity contribution < 1.29 is 13.9 Å². The summed E-state index contributed by atoms with van der Waals surface area (Å²) in [6.45, 7) is 3.86. The average Bonchev–Trinajstić information content (AvgIpc) is 2.94. The zero-order chi connectivity index (χ0) is 17.5. The van der Waals surface area contributed by atoms with E-state index >= 15 is 0 Å². The Labute approximate surface area is 147 Å². The lowest BCUT2D eigenvalue weighted by atomic mass is 10.3. The van der Waals surface area contributed by atoms with E-state index in [1.54, 1.807) is 24.1 Å². The Hall–Kier alpha value is -1.98. The summed E-state index contributed by atoms with van der Waals surface area (Å²) in [5, 5.41) is 0.680. The Morgan fingerprint density at radius 3 is 2.50 bits per heavy atom. The lowest BCUT2D eigenvalue weighted by Crippen LogP contribution is -2.37. The van der Waals surface area contributed by atoms with Gasteiger partial charge in [-0.3, -0.25) is 9.69 Å². The second-order valence-corrected chi connectivity index (χ2v) is 6.24. The van der Waals surface area contributed by atoms with E-state index in [1.165, 1.54) is 0 Å². The molecule has 1 aromatic carbocycles. The van der Waals surface area contributed by atoms with Gasteiger partial charge in [0, 0.05) is 18.6 Å². The van der Waals surface area contributed by atoms with Gasteiger partial charge in [0.25, 0.3) is 0 Å². The second kappa shape index (κ2) is 8.76. The molecule has 0 spiro atoms. The number of rotatable bonds is 8. The zero-order valence-corrected chi connectivity index (χ0v) is 15.0. The Kier molecular flexibility index (Phi) is 6.70. The number of aryl methyl sites for hydroxylation is 1. The molecule has 0 aliphatic heterocycles. The second-order valence-electron chi connectivity index (χ2n) is 5.80. The molecule has 1 amide bonds. The number of ether oxygens (including phenoxy) is 1. The first-order chi connectivity index (χ1) is 11.4. The van der Waals surface area contributed by atoms with Crippen molar-refractivity contribution in [1.29, 1.82) is 0 Å². The third kappa shape index (κ3) is 5.91. The van der Waals surface area contributed by atoms with E-state index in [0.29, 0.717) is 31.3 Å². The van der Waals surface area contributed by atoms with Crippen molar-refractivity contribution in [2.75, 3.05) is 33.8 Å². The molecule has 0 bridgehead atoms. The van der Waals surface area contributed by atoms with Gasteiger partial charge in [0.1, 0.15) is 23.9 Å². The first-order valence-electron chi connectivity index (χ1n) is 7.80. The fourth-order valence-electron chi connectivity index (χ4n) is 2.17. The van der Waals surface area contributed by atoms with Gasteiger partial charge >= 0.3 is 0 Å². The van der Waals surface area contributed by atoms with E-state index in [9.17, 15) is 4.79 Å². The summed E-state index contributed by atoms with van der Waals surface area (Å²) in [5.41, 5.74) is 0. The summed E-state index contributed by atoms with van der Waals surface area (Å²) in [6, 6.07) is 11.0. The monoisotopic (exact) mass is 350 g/mol. The SMILES string of the molecule is Cc1ccc(CN(C)C(=O)CN(C)CCOc2ccc(Cl)cc2)o1. The van der Waals surface area contributed by atoms with Gasteiger partial charge < -0.3 is 14.1 Å². The normalized spacial score (nSPS) is 10.9. The molecule has 0 unspecified atom stereocenters. The summed E-state index contributed by atoms with van der Waals surface area (Å²) in [6.07, 6.45) is 0. The minimum absolute atomic E-state index is 0.0399. The van der Waals surface area contributed by atoms with E-state index in [1.807, 2.05) is 43.1 Å². The van der Waals surface area contributed by atoms with Crippen LogP contribution in [0.3, 0.4) is 0 Å². The van der Waals surface area contributed by atoms with Crippen LogP contribution in [0.15, 0.2) is 40.8 Å². The highest BCUT2D eigenvalue weighted by Crippen LogP contribution is 2.15. The molecule has 0 aliphatic carbocycles. The zero-order valence-electron chi connectivity index (χ0n) is 14.3. The van der Waals surface area contributed by atoms with Crippen LogP contribution >= 0.6 is 11.6 Å². The first kappa shape index (κ1) is 18.4. The molecule has 1 aromatic heterocycles. The van der Waals surface area contributed by atoms with E-state index in [0.717, 1.165) is 17.3 Å². The van der Waals surface area contributed by atoms with Crippen LogP contribution in [0.2, 0.25) is 5.02 Å². The predicted molar refractivity (Wildman–Crippen MR) is 94.4 cm³/mol. The van der Waals surface area contributed by atoms with Crippen LogP contribution in [0.5, 0.6) is 5.75 Å². The molecule has 0 aliphatic rings. The molecule has 2 aromatic rings. The fourth-order valence-corrected chi connectivity index (χ4v) is 2.30. The standard InChI is InChI=1S/C18H23ClN2O3/c1-14-4-7-17(24-14)12-21(3)18(22)13-20(2)10-11-23-16-8-5-15(19)6-9-16/h4-9H,10-13H2,1-3H3. The average molecular weight is 351 g/mol. The number of halogens is 1. The molecular formula is C18H23ClN2O3. The summed E-state index contributed by atoms with van der Waals surface area (Å²) >= 11 is 5.83. The predicted octanol–water partition coefficient (Wildman–Crippen LogP) is 3.21. The first-order valence-corrected chi connectivity index (χ1v) is 8.18. The van der Waals surface area contributed by atoms with Crippen molar-refractivity contribution in [1.82, 2.24) is 9.80 Å². The molecule has 130 valence electrons. The van der Waals surface area contributed by atoms with Gasteiger partial charge in [-0.25, -0.2) is 0 Å². The molecular weight excluding hydrogens is 328 g/mol. The largest absolute Gasteiger partial charge is 0.492 e. The lowest BCUT2D eigenvalue weighted by molar-refractivity contribution is -0.131. The maximum absolute atomic E-state index is 12.2. The van der Waals surface area contributed by atoms with Gasteiger partial charge in [-0.2, -0.15) is 0 Å². The van der Waals surface area contributed by atoms with Crippen molar-refractivity contribution in [2.45, 2.75) is 13.5 Å². The number of likely N-dealkylation sites (N-methyl/N-ethyl adjacent to an activating group) is 2.